The number of carbonyl (C=O) groups excluding carboxylic acids is 3. The largest absolute Gasteiger partial charge is 0.352 e. The molecule has 0 saturated carbocycles. The van der Waals surface area contributed by atoms with Gasteiger partial charge in [0.25, 0.3) is 5.91 Å². The highest BCUT2D eigenvalue weighted by atomic mass is 79.9. The Morgan fingerprint density at radius 3 is 2.43 bits per heavy atom. The molecule has 8 heteroatoms. The van der Waals surface area contributed by atoms with Gasteiger partial charge in [-0.25, -0.2) is 0 Å². The molecule has 2 rings (SSSR count). The van der Waals surface area contributed by atoms with Gasteiger partial charge in [-0.1, -0.05) is 23.7 Å². The molecule has 0 unspecified atom stereocenters. The number of nitrogens with one attached hydrogen (secondary N) is 2. The molecule has 0 heterocycles. The molecule has 0 aliphatic heterocycles. The minimum absolute atomic E-state index is 0.0443. The van der Waals surface area contributed by atoms with E-state index in [1.807, 2.05) is 18.2 Å². The van der Waals surface area contributed by atoms with Crippen LogP contribution in [-0.2, 0) is 9.59 Å². The number of hydrogen-bond donors (Lipinski definition) is 2. The van der Waals surface area contributed by atoms with Crippen LogP contribution in [0.25, 0.3) is 0 Å². The highest BCUT2D eigenvalue weighted by molar-refractivity contribution is 9.10. The Balaban J connectivity index is 1.69. The first-order chi connectivity index (χ1) is 13.4. The van der Waals surface area contributed by atoms with Crippen LogP contribution in [0.3, 0.4) is 0 Å². The number of hydrogen-bond acceptors (Lipinski definition) is 3. The van der Waals surface area contributed by atoms with Crippen molar-refractivity contribution < 1.29 is 14.4 Å². The fourth-order valence-electron chi connectivity index (χ4n) is 2.39. The molecule has 0 saturated heterocycles. The molecule has 0 fully saturated rings. The number of likely N-dealkylation sites (N-methyl/N-ethyl adjacent to an activating group) is 1. The van der Waals surface area contributed by atoms with Crippen molar-refractivity contribution in [3.63, 3.8) is 0 Å². The molecule has 0 aliphatic rings. The van der Waals surface area contributed by atoms with Gasteiger partial charge in [0.15, 0.2) is 0 Å². The predicted molar refractivity (Wildman–Crippen MR) is 113 cm³/mol. The highest BCUT2D eigenvalue weighted by Gasteiger charge is 2.14. The van der Waals surface area contributed by atoms with Crippen LogP contribution >= 0.6 is 27.5 Å². The molecule has 0 atom stereocenters. The molecule has 2 N–H and O–H groups in total. The van der Waals surface area contributed by atoms with Crippen molar-refractivity contribution in [2.45, 2.75) is 12.8 Å². The highest BCUT2D eigenvalue weighted by Crippen LogP contribution is 2.21. The molecule has 6 nitrogen and oxygen atoms in total. The summed E-state index contributed by atoms with van der Waals surface area (Å²) in [6, 6.07) is 13.8. The number of para-hydroxylation sites is 1. The van der Waals surface area contributed by atoms with E-state index >= 15 is 0 Å². The van der Waals surface area contributed by atoms with Crippen LogP contribution in [0, 0.1) is 0 Å². The summed E-state index contributed by atoms with van der Waals surface area (Å²) in [5.74, 6) is -0.660. The van der Waals surface area contributed by atoms with E-state index < -0.39 is 0 Å². The second kappa shape index (κ2) is 10.8. The molecule has 3 amide bonds. The summed E-state index contributed by atoms with van der Waals surface area (Å²) in [7, 11) is 1.58. The Bertz CT molecular complexity index is 843. The summed E-state index contributed by atoms with van der Waals surface area (Å²) < 4.78 is 0.772. The van der Waals surface area contributed by atoms with Crippen LogP contribution in [0.4, 0.5) is 5.69 Å². The molecule has 2 aromatic carbocycles. The molecule has 0 aliphatic carbocycles. The third kappa shape index (κ3) is 6.98. The van der Waals surface area contributed by atoms with Crippen LogP contribution in [-0.4, -0.2) is 42.8 Å². The molecule has 28 heavy (non-hydrogen) atoms. The van der Waals surface area contributed by atoms with Crippen LogP contribution in [0.1, 0.15) is 23.2 Å². The van der Waals surface area contributed by atoms with Crippen LogP contribution < -0.4 is 10.6 Å². The second-order valence-electron chi connectivity index (χ2n) is 6.14. The van der Waals surface area contributed by atoms with E-state index in [2.05, 4.69) is 26.6 Å². The lowest BCUT2D eigenvalue weighted by Gasteiger charge is -2.17. The number of benzene rings is 2. The zero-order chi connectivity index (χ0) is 20.5. The van der Waals surface area contributed by atoms with E-state index in [1.54, 1.807) is 37.4 Å². The molecule has 0 radical (unpaired) electrons. The zero-order valence-corrected chi connectivity index (χ0v) is 17.7. The van der Waals surface area contributed by atoms with E-state index in [9.17, 15) is 14.4 Å². The number of carbonyl (C=O) groups is 3. The Kier molecular flexibility index (Phi) is 8.47. The minimum Gasteiger partial charge on any atom is -0.352 e. The van der Waals surface area contributed by atoms with Gasteiger partial charge in [0, 0.05) is 35.1 Å². The first-order valence-corrected chi connectivity index (χ1v) is 9.86. The Hall–Kier alpha value is -2.38. The third-order valence-electron chi connectivity index (χ3n) is 3.91. The predicted octanol–water partition coefficient (Wildman–Crippen LogP) is 3.71. The van der Waals surface area contributed by atoms with Crippen molar-refractivity contribution in [2.75, 3.05) is 25.5 Å². The minimum atomic E-state index is -0.279. The average Bonchev–Trinajstić information content (AvgIpc) is 2.67. The molecule has 2 aromatic rings. The number of anilines is 1. The number of amides is 3. The maximum absolute atomic E-state index is 12.2. The van der Waals surface area contributed by atoms with E-state index in [1.165, 1.54) is 4.90 Å². The third-order valence-corrected chi connectivity index (χ3v) is 4.86. The van der Waals surface area contributed by atoms with E-state index in [4.69, 9.17) is 11.6 Å². The van der Waals surface area contributed by atoms with E-state index in [0.717, 1.165) is 4.47 Å². The lowest BCUT2D eigenvalue weighted by atomic mass is 10.2. The van der Waals surface area contributed by atoms with Gasteiger partial charge in [-0.05, 0) is 58.7 Å². The van der Waals surface area contributed by atoms with Gasteiger partial charge in [0.2, 0.25) is 11.8 Å². The molecular formula is C20H21BrClN3O3. The van der Waals surface area contributed by atoms with Gasteiger partial charge in [0.05, 0.1) is 12.2 Å². The summed E-state index contributed by atoms with van der Waals surface area (Å²) in [5, 5.41) is 6.07. The first-order valence-electron chi connectivity index (χ1n) is 8.69. The topological polar surface area (TPSA) is 78.5 Å². The SMILES string of the molecule is CN(CC(=O)Nc1ccccc1Br)C(=O)CCCNC(=O)c1ccc(Cl)cc1. The Morgan fingerprint density at radius 1 is 1.07 bits per heavy atom. The Morgan fingerprint density at radius 2 is 1.75 bits per heavy atom. The summed E-state index contributed by atoms with van der Waals surface area (Å²) in [4.78, 5) is 37.6. The standard InChI is InChI=1S/C20H21BrClN3O3/c1-25(13-18(26)24-17-6-3-2-5-16(17)21)19(27)7-4-12-23-20(28)14-8-10-15(22)11-9-14/h2-3,5-6,8-11H,4,7,12-13H2,1H3,(H,23,28)(H,24,26). The smallest absolute Gasteiger partial charge is 0.251 e. The van der Waals surface area contributed by atoms with Crippen molar-refractivity contribution in [2.24, 2.45) is 0 Å². The van der Waals surface area contributed by atoms with Crippen molar-refractivity contribution >= 4 is 50.9 Å². The van der Waals surface area contributed by atoms with Crippen molar-refractivity contribution in [1.82, 2.24) is 10.2 Å². The Labute approximate surface area is 177 Å². The fraction of sp³-hybridized carbons (Fsp3) is 0.250. The van der Waals surface area contributed by atoms with E-state index in [0.29, 0.717) is 29.2 Å². The second-order valence-corrected chi connectivity index (χ2v) is 7.43. The maximum Gasteiger partial charge on any atom is 0.251 e. The summed E-state index contributed by atoms with van der Waals surface area (Å²) in [6.07, 6.45) is 0.716. The number of nitrogens with zero attached hydrogens (tertiary/aromatic N) is 1. The molecule has 0 spiro atoms. The van der Waals surface area contributed by atoms with Gasteiger partial charge >= 0.3 is 0 Å². The van der Waals surface area contributed by atoms with Crippen LogP contribution in [0.15, 0.2) is 53.0 Å². The summed E-state index contributed by atoms with van der Waals surface area (Å²) >= 11 is 9.15. The first kappa shape index (κ1) is 21.9. The normalized spacial score (nSPS) is 10.2. The lowest BCUT2D eigenvalue weighted by molar-refractivity contribution is -0.133. The van der Waals surface area contributed by atoms with Crippen molar-refractivity contribution in [1.29, 1.82) is 0 Å². The van der Waals surface area contributed by atoms with Gasteiger partial charge in [-0.3, -0.25) is 14.4 Å². The maximum atomic E-state index is 12.2. The van der Waals surface area contributed by atoms with Gasteiger partial charge < -0.3 is 15.5 Å². The number of halogens is 2. The molecule has 0 aromatic heterocycles. The molecule has 148 valence electrons. The lowest BCUT2D eigenvalue weighted by Crippen LogP contribution is -2.35. The summed E-state index contributed by atoms with van der Waals surface area (Å²) in [6.45, 7) is 0.321. The quantitative estimate of drug-likeness (QED) is 0.582. The average molecular weight is 467 g/mol. The zero-order valence-electron chi connectivity index (χ0n) is 15.4. The number of rotatable bonds is 8. The van der Waals surface area contributed by atoms with Crippen molar-refractivity contribution in [3.05, 3.63) is 63.6 Å². The fourth-order valence-corrected chi connectivity index (χ4v) is 2.90. The monoisotopic (exact) mass is 465 g/mol. The van der Waals surface area contributed by atoms with Crippen LogP contribution in [0.5, 0.6) is 0 Å². The van der Waals surface area contributed by atoms with Gasteiger partial charge in [0.1, 0.15) is 0 Å². The van der Waals surface area contributed by atoms with Gasteiger partial charge in [-0.2, -0.15) is 0 Å². The van der Waals surface area contributed by atoms with Crippen molar-refractivity contribution in [3.8, 4) is 0 Å². The van der Waals surface area contributed by atoms with E-state index in [-0.39, 0.29) is 30.7 Å². The summed E-state index contributed by atoms with van der Waals surface area (Å²) in [5.41, 5.74) is 1.16. The van der Waals surface area contributed by atoms with Crippen LogP contribution in [0.2, 0.25) is 5.02 Å². The molecule has 0 bridgehead atoms. The molecular weight excluding hydrogens is 446 g/mol. The van der Waals surface area contributed by atoms with Gasteiger partial charge in [-0.15, -0.1) is 0 Å².